The van der Waals surface area contributed by atoms with E-state index in [4.69, 9.17) is 9.47 Å². The highest BCUT2D eigenvalue weighted by atomic mass is 32.2. The van der Waals surface area contributed by atoms with Crippen molar-refractivity contribution in [1.82, 2.24) is 0 Å². The second kappa shape index (κ2) is 8.30. The summed E-state index contributed by atoms with van der Waals surface area (Å²) in [5.74, 6) is 3.30. The van der Waals surface area contributed by atoms with Gasteiger partial charge in [-0.05, 0) is 47.7 Å². The summed E-state index contributed by atoms with van der Waals surface area (Å²) >= 11 is 1.58. The van der Waals surface area contributed by atoms with Gasteiger partial charge in [-0.2, -0.15) is 0 Å². The van der Waals surface area contributed by atoms with Crippen molar-refractivity contribution in [2.24, 2.45) is 0 Å². The van der Waals surface area contributed by atoms with E-state index in [9.17, 15) is 4.79 Å². The third-order valence-electron chi connectivity index (χ3n) is 4.31. The molecule has 0 saturated heterocycles. The Balaban J connectivity index is 1.45. The molecule has 0 saturated carbocycles. The van der Waals surface area contributed by atoms with Crippen LogP contribution in [0.15, 0.2) is 42.5 Å². The van der Waals surface area contributed by atoms with Crippen LogP contribution in [0.2, 0.25) is 0 Å². The fraction of sp³-hybridized carbons (Fsp3) is 0.350. The van der Waals surface area contributed by atoms with Crippen LogP contribution in [0, 0.1) is 0 Å². The van der Waals surface area contributed by atoms with Crippen LogP contribution in [0.25, 0.3) is 0 Å². The number of ether oxygens (including phenoxy) is 2. The van der Waals surface area contributed by atoms with Crippen molar-refractivity contribution in [2.45, 2.75) is 31.9 Å². The van der Waals surface area contributed by atoms with Crippen LogP contribution in [-0.2, 0) is 10.5 Å². The summed E-state index contributed by atoms with van der Waals surface area (Å²) in [4.78, 5) is 12.1. The fourth-order valence-electron chi connectivity index (χ4n) is 2.62. The lowest BCUT2D eigenvalue weighted by atomic mass is 9.99. The first-order valence-electron chi connectivity index (χ1n) is 8.51. The maximum atomic E-state index is 12.1. The smallest absolute Gasteiger partial charge is 0.234 e. The fourth-order valence-corrected chi connectivity index (χ4v) is 3.39. The summed E-state index contributed by atoms with van der Waals surface area (Å²) in [6, 6.07) is 14.0. The van der Waals surface area contributed by atoms with Gasteiger partial charge < -0.3 is 14.8 Å². The van der Waals surface area contributed by atoms with Gasteiger partial charge in [0.05, 0.1) is 5.75 Å². The van der Waals surface area contributed by atoms with Gasteiger partial charge in [0.15, 0.2) is 11.5 Å². The Labute approximate surface area is 152 Å². The van der Waals surface area contributed by atoms with Gasteiger partial charge in [-0.25, -0.2) is 0 Å². The lowest BCUT2D eigenvalue weighted by molar-refractivity contribution is -0.113. The van der Waals surface area contributed by atoms with E-state index in [1.165, 1.54) is 5.56 Å². The second-order valence-electron chi connectivity index (χ2n) is 6.16. The molecule has 2 aromatic rings. The molecule has 1 N–H and O–H groups in total. The highest BCUT2D eigenvalue weighted by Gasteiger charge is 2.13. The highest BCUT2D eigenvalue weighted by Crippen LogP contribution is 2.33. The van der Waals surface area contributed by atoms with Crippen LogP contribution >= 0.6 is 11.8 Å². The summed E-state index contributed by atoms with van der Waals surface area (Å²) in [7, 11) is 0. The SMILES string of the molecule is CC[C@@H](C)c1ccc(NC(=O)CSCc2ccc3c(c2)OCO3)cc1. The minimum Gasteiger partial charge on any atom is -0.454 e. The minimum absolute atomic E-state index is 0.0158. The topological polar surface area (TPSA) is 47.6 Å². The molecule has 0 bridgehead atoms. The van der Waals surface area contributed by atoms with E-state index in [1.807, 2.05) is 30.3 Å². The number of rotatable bonds is 7. The molecule has 132 valence electrons. The Morgan fingerprint density at radius 2 is 1.92 bits per heavy atom. The van der Waals surface area contributed by atoms with Crippen LogP contribution < -0.4 is 14.8 Å². The minimum atomic E-state index is 0.0158. The molecule has 3 rings (SSSR count). The van der Waals surface area contributed by atoms with Gasteiger partial charge in [-0.1, -0.05) is 32.0 Å². The van der Waals surface area contributed by atoms with Crippen molar-refractivity contribution in [3.05, 3.63) is 53.6 Å². The molecule has 0 spiro atoms. The molecular formula is C20H23NO3S. The van der Waals surface area contributed by atoms with Crippen molar-refractivity contribution in [1.29, 1.82) is 0 Å². The van der Waals surface area contributed by atoms with E-state index in [2.05, 4.69) is 31.3 Å². The standard InChI is InChI=1S/C20H23NO3S/c1-3-14(2)16-5-7-17(8-6-16)21-20(22)12-25-11-15-4-9-18-19(10-15)24-13-23-18/h4-10,14H,3,11-13H2,1-2H3,(H,21,22)/t14-/m1/s1. The maximum absolute atomic E-state index is 12.1. The third kappa shape index (κ3) is 4.69. The molecule has 25 heavy (non-hydrogen) atoms. The Hall–Kier alpha value is -2.14. The van der Waals surface area contributed by atoms with Crippen LogP contribution in [-0.4, -0.2) is 18.5 Å². The monoisotopic (exact) mass is 357 g/mol. The van der Waals surface area contributed by atoms with Gasteiger partial charge in [0.25, 0.3) is 0 Å². The molecule has 5 heteroatoms. The number of amides is 1. The van der Waals surface area contributed by atoms with E-state index in [1.54, 1.807) is 11.8 Å². The molecule has 1 aliphatic rings. The lowest BCUT2D eigenvalue weighted by Crippen LogP contribution is -2.14. The number of anilines is 1. The first-order valence-corrected chi connectivity index (χ1v) is 9.67. The quantitative estimate of drug-likeness (QED) is 0.773. The molecular weight excluding hydrogens is 334 g/mol. The van der Waals surface area contributed by atoms with Crippen LogP contribution in [0.1, 0.15) is 37.3 Å². The summed E-state index contributed by atoms with van der Waals surface area (Å²) in [6.07, 6.45) is 1.11. The molecule has 1 heterocycles. The number of fused-ring (bicyclic) bond motifs is 1. The van der Waals surface area contributed by atoms with Crippen molar-refractivity contribution in [3.63, 3.8) is 0 Å². The zero-order valence-electron chi connectivity index (χ0n) is 14.6. The number of hydrogen-bond donors (Lipinski definition) is 1. The van der Waals surface area contributed by atoms with Gasteiger partial charge in [-0.3, -0.25) is 4.79 Å². The maximum Gasteiger partial charge on any atom is 0.234 e. The molecule has 2 aromatic carbocycles. The van der Waals surface area contributed by atoms with Crippen LogP contribution in [0.4, 0.5) is 5.69 Å². The van der Waals surface area contributed by atoms with Gasteiger partial charge in [0.2, 0.25) is 12.7 Å². The number of thioether (sulfide) groups is 1. The molecule has 0 unspecified atom stereocenters. The molecule has 0 aromatic heterocycles. The molecule has 0 fully saturated rings. The summed E-state index contributed by atoms with van der Waals surface area (Å²) in [5.41, 5.74) is 3.28. The number of benzene rings is 2. The zero-order valence-corrected chi connectivity index (χ0v) is 15.4. The molecule has 1 aliphatic heterocycles. The summed E-state index contributed by atoms with van der Waals surface area (Å²) < 4.78 is 10.7. The second-order valence-corrected chi connectivity index (χ2v) is 7.15. The van der Waals surface area contributed by atoms with E-state index in [0.29, 0.717) is 11.7 Å². The van der Waals surface area contributed by atoms with Gasteiger partial charge in [0.1, 0.15) is 0 Å². The highest BCUT2D eigenvalue weighted by molar-refractivity contribution is 7.99. The molecule has 4 nitrogen and oxygen atoms in total. The zero-order chi connectivity index (χ0) is 17.6. The Morgan fingerprint density at radius 3 is 2.68 bits per heavy atom. The summed E-state index contributed by atoms with van der Waals surface area (Å²) in [6.45, 7) is 4.67. The number of nitrogens with one attached hydrogen (secondary N) is 1. The van der Waals surface area contributed by atoms with Gasteiger partial charge >= 0.3 is 0 Å². The van der Waals surface area contributed by atoms with Gasteiger partial charge in [-0.15, -0.1) is 11.8 Å². The average Bonchev–Trinajstić information content (AvgIpc) is 3.09. The van der Waals surface area contributed by atoms with Gasteiger partial charge in [0, 0.05) is 11.4 Å². The molecule has 0 radical (unpaired) electrons. The van der Waals surface area contributed by atoms with Crippen molar-refractivity contribution < 1.29 is 14.3 Å². The number of carbonyl (C=O) groups is 1. The van der Waals surface area contributed by atoms with Crippen molar-refractivity contribution >= 4 is 23.4 Å². The Morgan fingerprint density at radius 1 is 1.16 bits per heavy atom. The largest absolute Gasteiger partial charge is 0.454 e. The normalized spacial score (nSPS) is 13.5. The Kier molecular flexibility index (Phi) is 5.87. The van der Waals surface area contributed by atoms with E-state index in [-0.39, 0.29) is 12.7 Å². The van der Waals surface area contributed by atoms with E-state index in [0.717, 1.165) is 34.9 Å². The van der Waals surface area contributed by atoms with E-state index < -0.39 is 0 Å². The predicted molar refractivity (Wildman–Crippen MR) is 103 cm³/mol. The van der Waals surface area contributed by atoms with Crippen LogP contribution in [0.3, 0.4) is 0 Å². The first-order chi connectivity index (χ1) is 12.2. The van der Waals surface area contributed by atoms with E-state index >= 15 is 0 Å². The molecule has 1 amide bonds. The van der Waals surface area contributed by atoms with Crippen molar-refractivity contribution in [3.8, 4) is 11.5 Å². The van der Waals surface area contributed by atoms with Crippen LogP contribution in [0.5, 0.6) is 11.5 Å². The van der Waals surface area contributed by atoms with Crippen molar-refractivity contribution in [2.75, 3.05) is 17.9 Å². The third-order valence-corrected chi connectivity index (χ3v) is 5.32. The number of carbonyl (C=O) groups excluding carboxylic acids is 1. The molecule has 0 aliphatic carbocycles. The Bertz CT molecular complexity index is 730. The summed E-state index contributed by atoms with van der Waals surface area (Å²) in [5, 5.41) is 2.95. The molecule has 1 atom stereocenters. The lowest BCUT2D eigenvalue weighted by Gasteiger charge is -2.10. The number of hydrogen-bond acceptors (Lipinski definition) is 4. The average molecular weight is 357 g/mol. The predicted octanol–water partition coefficient (Wildman–Crippen LogP) is 4.80. The first kappa shape index (κ1) is 17.7.